The van der Waals surface area contributed by atoms with Crippen molar-refractivity contribution >= 4 is 21.7 Å². The minimum absolute atomic E-state index is 0.137. The first-order chi connectivity index (χ1) is 11.3. The number of nitrogens with zero attached hydrogens (tertiary/aromatic N) is 1. The van der Waals surface area contributed by atoms with Crippen LogP contribution in [0.1, 0.15) is 33.1 Å². The number of hydrogen-bond donors (Lipinski definition) is 1. The van der Waals surface area contributed by atoms with E-state index in [2.05, 4.69) is 0 Å². The predicted octanol–water partition coefficient (Wildman–Crippen LogP) is 1.35. The smallest absolute Gasteiger partial charge is 0.242 e. The molecule has 6 nitrogen and oxygen atoms in total. The molecule has 2 unspecified atom stereocenters. The van der Waals surface area contributed by atoms with E-state index in [9.17, 15) is 18.0 Å². The number of amides is 2. The van der Waals surface area contributed by atoms with Crippen LogP contribution in [0.3, 0.4) is 0 Å². The zero-order valence-electron chi connectivity index (χ0n) is 14.0. The molecule has 2 amide bonds. The van der Waals surface area contributed by atoms with Crippen molar-refractivity contribution in [3.05, 3.63) is 30.3 Å². The maximum Gasteiger partial charge on any atom is 0.242 e. The lowest BCUT2D eigenvalue weighted by Gasteiger charge is -2.24. The largest absolute Gasteiger partial charge is 0.368 e. The Hall–Kier alpha value is -1.89. The minimum atomic E-state index is -3.80. The Balaban J connectivity index is 2.43. The molecule has 0 spiro atoms. The minimum Gasteiger partial charge on any atom is -0.368 e. The lowest BCUT2D eigenvalue weighted by atomic mass is 10.0. The van der Waals surface area contributed by atoms with E-state index >= 15 is 0 Å². The Morgan fingerprint density at radius 2 is 1.92 bits per heavy atom. The third-order valence-corrected chi connectivity index (χ3v) is 6.73. The lowest BCUT2D eigenvalue weighted by Crippen LogP contribution is -2.47. The third kappa shape index (κ3) is 3.31. The first kappa shape index (κ1) is 18.4. The number of likely N-dealkylation sites (tertiary alicyclic amines) is 1. The zero-order chi connectivity index (χ0) is 17.9. The van der Waals surface area contributed by atoms with Crippen molar-refractivity contribution in [1.82, 2.24) is 4.90 Å². The van der Waals surface area contributed by atoms with E-state index in [0.29, 0.717) is 12.8 Å². The Kier molecular flexibility index (Phi) is 5.64. The quantitative estimate of drug-likeness (QED) is 0.801. The van der Waals surface area contributed by atoms with Gasteiger partial charge in [-0.15, -0.1) is 0 Å². The van der Waals surface area contributed by atoms with Crippen molar-refractivity contribution in [1.29, 1.82) is 0 Å². The van der Waals surface area contributed by atoms with E-state index in [0.717, 1.165) is 6.42 Å². The Bertz CT molecular complexity index is 703. The summed E-state index contributed by atoms with van der Waals surface area (Å²) in [5.41, 5.74) is 5.39. The van der Waals surface area contributed by atoms with Crippen LogP contribution in [0.4, 0.5) is 0 Å². The molecule has 2 rings (SSSR count). The van der Waals surface area contributed by atoms with E-state index < -0.39 is 32.9 Å². The van der Waals surface area contributed by atoms with E-state index in [1.165, 1.54) is 17.0 Å². The molecule has 132 valence electrons. The van der Waals surface area contributed by atoms with Crippen LogP contribution in [0.2, 0.25) is 0 Å². The van der Waals surface area contributed by atoms with Crippen molar-refractivity contribution in [2.45, 2.75) is 49.3 Å². The average Bonchev–Trinajstić information content (AvgIpc) is 2.86. The fraction of sp³-hybridized carbons (Fsp3) is 0.529. The van der Waals surface area contributed by atoms with Crippen molar-refractivity contribution in [3.8, 4) is 0 Å². The Morgan fingerprint density at radius 3 is 2.42 bits per heavy atom. The fourth-order valence-corrected chi connectivity index (χ4v) is 5.38. The predicted molar refractivity (Wildman–Crippen MR) is 90.8 cm³/mol. The fourth-order valence-electron chi connectivity index (χ4n) is 3.42. The highest BCUT2D eigenvalue weighted by atomic mass is 32.2. The number of carbonyl (C=O) groups is 2. The molecule has 2 N–H and O–H groups in total. The standard InChI is InChI=1S/C17H24N2O4S/c1-3-8-12-11-19(14(4-2)16(18)20)17(21)15(12)24(22,23)13-9-6-5-7-10-13/h5-7,9-10,12,14-15H,3-4,8,11H2,1-2H3,(H2,18,20)/t12-,14?,15?/m0/s1. The molecule has 1 saturated heterocycles. The number of nitrogens with two attached hydrogens (primary N) is 1. The van der Waals surface area contributed by atoms with Crippen molar-refractivity contribution in [2.24, 2.45) is 11.7 Å². The van der Waals surface area contributed by atoms with Gasteiger partial charge in [0, 0.05) is 12.5 Å². The highest BCUT2D eigenvalue weighted by molar-refractivity contribution is 7.92. The number of hydrogen-bond acceptors (Lipinski definition) is 4. The van der Waals surface area contributed by atoms with Crippen LogP contribution >= 0.6 is 0 Å². The van der Waals surface area contributed by atoms with Crippen molar-refractivity contribution in [3.63, 3.8) is 0 Å². The van der Waals surface area contributed by atoms with Gasteiger partial charge in [0.05, 0.1) is 4.90 Å². The summed E-state index contributed by atoms with van der Waals surface area (Å²) in [4.78, 5) is 26.0. The van der Waals surface area contributed by atoms with E-state index in [4.69, 9.17) is 5.73 Å². The molecule has 24 heavy (non-hydrogen) atoms. The molecule has 7 heteroatoms. The first-order valence-corrected chi connectivity index (χ1v) is 9.77. The second-order valence-electron chi connectivity index (χ2n) is 6.14. The van der Waals surface area contributed by atoms with Gasteiger partial charge in [-0.3, -0.25) is 9.59 Å². The van der Waals surface area contributed by atoms with Gasteiger partial charge in [-0.1, -0.05) is 38.5 Å². The van der Waals surface area contributed by atoms with Gasteiger partial charge in [0.1, 0.15) is 11.3 Å². The maximum atomic E-state index is 13.0. The monoisotopic (exact) mass is 352 g/mol. The lowest BCUT2D eigenvalue weighted by molar-refractivity contribution is -0.135. The third-order valence-electron chi connectivity index (χ3n) is 4.54. The molecular weight excluding hydrogens is 328 g/mol. The van der Waals surface area contributed by atoms with Crippen LogP contribution in [0.5, 0.6) is 0 Å². The maximum absolute atomic E-state index is 13.0. The topological polar surface area (TPSA) is 97.5 Å². The van der Waals surface area contributed by atoms with Gasteiger partial charge in [0.25, 0.3) is 0 Å². The Labute approximate surface area is 142 Å². The van der Waals surface area contributed by atoms with Crippen LogP contribution in [-0.4, -0.2) is 43.0 Å². The molecule has 0 radical (unpaired) electrons. The number of primary amides is 1. The summed E-state index contributed by atoms with van der Waals surface area (Å²) in [6, 6.07) is 7.24. The summed E-state index contributed by atoms with van der Waals surface area (Å²) < 4.78 is 26.0. The van der Waals surface area contributed by atoms with E-state index in [1.807, 2.05) is 6.92 Å². The van der Waals surface area contributed by atoms with Gasteiger partial charge >= 0.3 is 0 Å². The molecule has 0 saturated carbocycles. The summed E-state index contributed by atoms with van der Waals surface area (Å²) in [5, 5.41) is -1.15. The van der Waals surface area contributed by atoms with Crippen molar-refractivity contribution in [2.75, 3.05) is 6.54 Å². The van der Waals surface area contributed by atoms with Gasteiger partial charge < -0.3 is 10.6 Å². The second-order valence-corrected chi connectivity index (χ2v) is 8.21. The Morgan fingerprint density at radius 1 is 1.29 bits per heavy atom. The highest BCUT2D eigenvalue weighted by Gasteiger charge is 2.50. The molecule has 1 aromatic carbocycles. The van der Waals surface area contributed by atoms with Gasteiger partial charge in [-0.25, -0.2) is 8.42 Å². The molecule has 1 aromatic rings. The average molecular weight is 352 g/mol. The van der Waals surface area contributed by atoms with E-state index in [1.54, 1.807) is 25.1 Å². The zero-order valence-corrected chi connectivity index (χ0v) is 14.8. The van der Waals surface area contributed by atoms with Crippen LogP contribution in [0, 0.1) is 5.92 Å². The normalized spacial score (nSPS) is 22.6. The van der Waals surface area contributed by atoms with Gasteiger partial charge in [-0.05, 0) is 25.0 Å². The highest BCUT2D eigenvalue weighted by Crippen LogP contribution is 2.33. The molecule has 0 aromatic heterocycles. The van der Waals surface area contributed by atoms with Crippen molar-refractivity contribution < 1.29 is 18.0 Å². The van der Waals surface area contributed by atoms with Crippen LogP contribution in [0.25, 0.3) is 0 Å². The van der Waals surface area contributed by atoms with E-state index in [-0.39, 0.29) is 17.4 Å². The summed E-state index contributed by atoms with van der Waals surface area (Å²) in [5.74, 6) is -1.44. The second kappa shape index (κ2) is 7.34. The summed E-state index contributed by atoms with van der Waals surface area (Å²) in [6.45, 7) is 3.96. The first-order valence-electron chi connectivity index (χ1n) is 8.23. The number of benzene rings is 1. The number of rotatable bonds is 7. The molecular formula is C17H24N2O4S. The van der Waals surface area contributed by atoms with Gasteiger partial charge in [0.15, 0.2) is 9.84 Å². The molecule has 1 heterocycles. The van der Waals surface area contributed by atoms with Gasteiger partial charge in [-0.2, -0.15) is 0 Å². The molecule has 1 aliphatic heterocycles. The van der Waals surface area contributed by atoms with Crippen LogP contribution in [0.15, 0.2) is 35.2 Å². The number of carbonyl (C=O) groups excluding carboxylic acids is 2. The molecule has 1 fully saturated rings. The SMILES string of the molecule is CCC[C@H]1CN(C(CC)C(N)=O)C(=O)C1S(=O)(=O)c1ccccc1. The number of sulfone groups is 1. The van der Waals surface area contributed by atoms with Crippen LogP contribution in [-0.2, 0) is 19.4 Å². The summed E-state index contributed by atoms with van der Waals surface area (Å²) >= 11 is 0. The van der Waals surface area contributed by atoms with Crippen LogP contribution < -0.4 is 5.73 Å². The summed E-state index contributed by atoms with van der Waals surface area (Å²) in [6.07, 6.45) is 1.74. The molecule has 0 bridgehead atoms. The van der Waals surface area contributed by atoms with Gasteiger partial charge in [0.2, 0.25) is 11.8 Å². The molecule has 1 aliphatic rings. The molecule has 0 aliphatic carbocycles. The molecule has 3 atom stereocenters. The summed E-state index contributed by atoms with van der Waals surface area (Å²) in [7, 11) is -3.80.